The number of aromatic nitrogens is 3. The largest absolute Gasteiger partial charge is 0.490 e. The van der Waals surface area contributed by atoms with Crippen LogP contribution in [0.3, 0.4) is 0 Å². The number of carbonyl (C=O) groups excluding carboxylic acids is 1. The van der Waals surface area contributed by atoms with E-state index in [-0.39, 0.29) is 6.03 Å². The van der Waals surface area contributed by atoms with Crippen LogP contribution in [-0.4, -0.2) is 45.0 Å². The van der Waals surface area contributed by atoms with Gasteiger partial charge in [-0.2, -0.15) is 13.2 Å². The molecule has 0 spiro atoms. The quantitative estimate of drug-likeness (QED) is 0.507. The highest BCUT2D eigenvalue weighted by atomic mass is 32.1. The van der Waals surface area contributed by atoms with E-state index in [0.29, 0.717) is 18.1 Å². The van der Waals surface area contributed by atoms with Crippen molar-refractivity contribution in [3.05, 3.63) is 70.5 Å². The maximum atomic E-state index is 11.9. The molecule has 0 bridgehead atoms. The Bertz CT molecular complexity index is 1010. The third-order valence-electron chi connectivity index (χ3n) is 3.83. The summed E-state index contributed by atoms with van der Waals surface area (Å²) in [6.45, 7) is 2.59. The molecule has 12 heteroatoms. The maximum Gasteiger partial charge on any atom is 0.490 e. The molecule has 1 aromatic carbocycles. The van der Waals surface area contributed by atoms with Gasteiger partial charge in [-0.25, -0.2) is 9.59 Å². The third kappa shape index (κ3) is 9.08. The number of carboxylic acid groups (broad SMARTS) is 1. The number of urea groups is 1. The van der Waals surface area contributed by atoms with Gasteiger partial charge in [-0.15, -0.1) is 10.2 Å². The lowest BCUT2D eigenvalue weighted by molar-refractivity contribution is -0.192. The van der Waals surface area contributed by atoms with Crippen molar-refractivity contribution in [3.8, 4) is 0 Å². The molecule has 2 aromatic heterocycles. The van der Waals surface area contributed by atoms with E-state index in [0.717, 1.165) is 17.0 Å². The van der Waals surface area contributed by atoms with Gasteiger partial charge in [0.2, 0.25) is 5.13 Å². The summed E-state index contributed by atoms with van der Waals surface area (Å²) < 4.78 is 31.7. The highest BCUT2D eigenvalue weighted by Gasteiger charge is 2.38. The van der Waals surface area contributed by atoms with Gasteiger partial charge >= 0.3 is 18.2 Å². The van der Waals surface area contributed by atoms with Crippen molar-refractivity contribution < 1.29 is 27.9 Å². The number of hydrogen-bond acceptors (Lipinski definition) is 6. The van der Waals surface area contributed by atoms with Gasteiger partial charge in [-0.1, -0.05) is 47.2 Å². The van der Waals surface area contributed by atoms with Crippen molar-refractivity contribution in [1.29, 1.82) is 0 Å². The zero-order chi connectivity index (χ0) is 23.6. The molecule has 0 unspecified atom stereocenters. The fourth-order valence-corrected chi connectivity index (χ4v) is 3.03. The molecule has 0 aliphatic heterocycles. The van der Waals surface area contributed by atoms with Crippen LogP contribution in [0.1, 0.15) is 21.7 Å². The normalized spacial score (nSPS) is 10.6. The van der Waals surface area contributed by atoms with E-state index in [1.807, 2.05) is 12.1 Å². The van der Waals surface area contributed by atoms with Crippen LogP contribution in [-0.2, 0) is 17.6 Å². The molecule has 8 nitrogen and oxygen atoms in total. The Labute approximate surface area is 185 Å². The monoisotopic (exact) mass is 467 g/mol. The molecular weight excluding hydrogens is 447 g/mol. The molecule has 2 amide bonds. The summed E-state index contributed by atoms with van der Waals surface area (Å²) in [4.78, 5) is 24.9. The summed E-state index contributed by atoms with van der Waals surface area (Å²) in [5, 5.41) is 22.2. The van der Waals surface area contributed by atoms with Gasteiger partial charge in [0, 0.05) is 25.4 Å². The molecule has 0 saturated heterocycles. The van der Waals surface area contributed by atoms with Gasteiger partial charge in [0.1, 0.15) is 5.01 Å². The highest BCUT2D eigenvalue weighted by Crippen LogP contribution is 2.18. The molecule has 3 N–H and O–H groups in total. The average Bonchev–Trinajstić information content (AvgIpc) is 3.17. The fourth-order valence-electron chi connectivity index (χ4n) is 2.26. The van der Waals surface area contributed by atoms with Crippen LogP contribution in [0, 0.1) is 6.92 Å². The van der Waals surface area contributed by atoms with E-state index in [9.17, 15) is 18.0 Å². The molecule has 32 heavy (non-hydrogen) atoms. The van der Waals surface area contributed by atoms with Crippen LogP contribution in [0.4, 0.5) is 23.1 Å². The number of nitrogens with zero attached hydrogens (tertiary/aromatic N) is 3. The van der Waals surface area contributed by atoms with Gasteiger partial charge in [0.25, 0.3) is 0 Å². The number of carbonyl (C=O) groups is 2. The number of rotatable bonds is 6. The van der Waals surface area contributed by atoms with Gasteiger partial charge in [0.15, 0.2) is 0 Å². The Morgan fingerprint density at radius 3 is 2.38 bits per heavy atom. The summed E-state index contributed by atoms with van der Waals surface area (Å²) in [7, 11) is 0. The second-order valence-electron chi connectivity index (χ2n) is 6.46. The molecular formula is C20H20F3N5O3S. The van der Waals surface area contributed by atoms with Crippen LogP contribution in [0.15, 0.2) is 48.8 Å². The molecule has 2 heterocycles. The number of pyridine rings is 1. The summed E-state index contributed by atoms with van der Waals surface area (Å²) in [6.07, 6.45) is -0.118. The molecule has 170 valence electrons. The van der Waals surface area contributed by atoms with Crippen molar-refractivity contribution in [3.63, 3.8) is 0 Å². The number of carboxylic acids is 1. The number of aliphatic carboxylic acids is 1. The standard InChI is InChI=1S/C18H19N5OS.C2HF3O2/c1-13-4-6-14(7-5-13)11-16-22-23-18(25-16)21-17(24)20-10-8-15-3-2-9-19-12-15;3-2(4,5)1(6)7/h2-7,9,12H,8,10-11H2,1H3,(H2,20,21,23,24);(H,6,7). The number of halogens is 3. The molecule has 0 saturated carbocycles. The summed E-state index contributed by atoms with van der Waals surface area (Å²) in [6, 6.07) is 11.9. The van der Waals surface area contributed by atoms with Crippen molar-refractivity contribution in [2.75, 3.05) is 11.9 Å². The minimum atomic E-state index is -5.08. The minimum Gasteiger partial charge on any atom is -0.475 e. The Hall–Kier alpha value is -3.54. The van der Waals surface area contributed by atoms with Gasteiger partial charge in [-0.05, 0) is 30.5 Å². The van der Waals surface area contributed by atoms with Gasteiger partial charge in [0.05, 0.1) is 0 Å². The maximum absolute atomic E-state index is 11.9. The number of aryl methyl sites for hydroxylation is 1. The first-order chi connectivity index (χ1) is 15.1. The third-order valence-corrected chi connectivity index (χ3v) is 4.67. The van der Waals surface area contributed by atoms with Crippen molar-refractivity contribution >= 4 is 28.5 Å². The predicted octanol–water partition coefficient (Wildman–Crippen LogP) is 3.83. The Kier molecular flexibility index (Phi) is 9.08. The lowest BCUT2D eigenvalue weighted by atomic mass is 10.1. The molecule has 0 aliphatic rings. The van der Waals surface area contributed by atoms with E-state index in [1.165, 1.54) is 22.5 Å². The number of hydrogen-bond donors (Lipinski definition) is 3. The second-order valence-corrected chi connectivity index (χ2v) is 7.52. The minimum absolute atomic E-state index is 0.276. The average molecular weight is 467 g/mol. The first-order valence-corrected chi connectivity index (χ1v) is 10.1. The number of nitrogens with one attached hydrogen (secondary N) is 2. The van der Waals surface area contributed by atoms with Crippen molar-refractivity contribution in [2.24, 2.45) is 0 Å². The van der Waals surface area contributed by atoms with Crippen LogP contribution in [0.25, 0.3) is 0 Å². The lowest BCUT2D eigenvalue weighted by Crippen LogP contribution is -2.30. The molecule has 0 aliphatic carbocycles. The Balaban J connectivity index is 0.000000451. The van der Waals surface area contributed by atoms with Gasteiger partial charge < -0.3 is 10.4 Å². The lowest BCUT2D eigenvalue weighted by Gasteiger charge is -2.04. The predicted molar refractivity (Wildman–Crippen MR) is 113 cm³/mol. The Morgan fingerprint density at radius 2 is 1.78 bits per heavy atom. The van der Waals surface area contributed by atoms with E-state index in [4.69, 9.17) is 9.90 Å². The van der Waals surface area contributed by atoms with Gasteiger partial charge in [-0.3, -0.25) is 10.3 Å². The number of amides is 2. The van der Waals surface area contributed by atoms with Crippen molar-refractivity contribution in [1.82, 2.24) is 20.5 Å². The smallest absolute Gasteiger partial charge is 0.475 e. The number of benzene rings is 1. The summed E-state index contributed by atoms with van der Waals surface area (Å²) in [5.41, 5.74) is 3.49. The van der Waals surface area contributed by atoms with Crippen LogP contribution >= 0.6 is 11.3 Å². The van der Waals surface area contributed by atoms with Crippen LogP contribution < -0.4 is 10.6 Å². The first-order valence-electron chi connectivity index (χ1n) is 9.25. The van der Waals surface area contributed by atoms with Crippen molar-refractivity contribution in [2.45, 2.75) is 25.9 Å². The van der Waals surface area contributed by atoms with Crippen LogP contribution in [0.2, 0.25) is 0 Å². The van der Waals surface area contributed by atoms with E-state index in [2.05, 4.69) is 57.0 Å². The van der Waals surface area contributed by atoms with Crippen LogP contribution in [0.5, 0.6) is 0 Å². The Morgan fingerprint density at radius 1 is 1.09 bits per heavy atom. The molecule has 0 radical (unpaired) electrons. The first kappa shape index (κ1) is 24.7. The summed E-state index contributed by atoms with van der Waals surface area (Å²) >= 11 is 1.39. The topological polar surface area (TPSA) is 117 Å². The van der Waals surface area contributed by atoms with E-state index < -0.39 is 12.1 Å². The number of anilines is 1. The van der Waals surface area contributed by atoms with E-state index >= 15 is 0 Å². The highest BCUT2D eigenvalue weighted by molar-refractivity contribution is 7.15. The molecule has 3 rings (SSSR count). The van der Waals surface area contributed by atoms with E-state index in [1.54, 1.807) is 12.4 Å². The SMILES string of the molecule is Cc1ccc(Cc2nnc(NC(=O)NCCc3cccnc3)s2)cc1.O=C(O)C(F)(F)F. The zero-order valence-corrected chi connectivity index (χ0v) is 17.7. The zero-order valence-electron chi connectivity index (χ0n) is 16.9. The number of alkyl halides is 3. The fraction of sp³-hybridized carbons (Fsp3) is 0.250. The molecule has 3 aromatic rings. The molecule has 0 fully saturated rings. The molecule has 0 atom stereocenters. The summed E-state index contributed by atoms with van der Waals surface area (Å²) in [5.74, 6) is -2.76. The second kappa shape index (κ2) is 11.7.